The fraction of sp³-hybridized carbons (Fsp3) is 0.417. The Balaban J connectivity index is 2.04. The predicted octanol–water partition coefficient (Wildman–Crippen LogP) is 3.07. The zero-order chi connectivity index (χ0) is 12.3. The average Bonchev–Trinajstić information content (AvgIpc) is 2.36. The van der Waals surface area contributed by atoms with Crippen molar-refractivity contribution in [2.45, 2.75) is 25.3 Å². The molecule has 1 amide bonds. The first kappa shape index (κ1) is 12.7. The van der Waals surface area contributed by atoms with Crippen LogP contribution in [0.15, 0.2) is 18.2 Å². The lowest BCUT2D eigenvalue weighted by Crippen LogP contribution is -2.43. The number of amides is 1. The highest BCUT2D eigenvalue weighted by molar-refractivity contribution is 6.44. The molecule has 0 radical (unpaired) electrons. The summed E-state index contributed by atoms with van der Waals surface area (Å²) < 4.78 is 0. The van der Waals surface area contributed by atoms with Crippen LogP contribution in [0.25, 0.3) is 0 Å². The van der Waals surface area contributed by atoms with Gasteiger partial charge < -0.3 is 10.6 Å². The van der Waals surface area contributed by atoms with Crippen LogP contribution in [0.5, 0.6) is 0 Å². The maximum absolute atomic E-state index is 12.0. The third-order valence-electron chi connectivity index (χ3n) is 2.84. The quantitative estimate of drug-likeness (QED) is 0.869. The molecule has 2 rings (SSSR count). The second-order valence-electron chi connectivity index (χ2n) is 4.09. The summed E-state index contributed by atoms with van der Waals surface area (Å²) in [7, 11) is 0. The predicted molar refractivity (Wildman–Crippen MR) is 70.7 cm³/mol. The van der Waals surface area contributed by atoms with Gasteiger partial charge in [0.05, 0.1) is 21.8 Å². The van der Waals surface area contributed by atoms with Crippen molar-refractivity contribution in [1.82, 2.24) is 5.32 Å². The molecule has 3 nitrogen and oxygen atoms in total. The van der Waals surface area contributed by atoms with Crippen LogP contribution < -0.4 is 10.6 Å². The number of rotatable bonds is 2. The first-order chi connectivity index (χ1) is 8.18. The van der Waals surface area contributed by atoms with E-state index >= 15 is 0 Å². The van der Waals surface area contributed by atoms with Gasteiger partial charge in [0.25, 0.3) is 0 Å². The number of benzene rings is 1. The largest absolute Gasteiger partial charge is 0.323 e. The Morgan fingerprint density at radius 3 is 2.88 bits per heavy atom. The van der Waals surface area contributed by atoms with E-state index in [4.69, 9.17) is 23.2 Å². The minimum Gasteiger partial charge on any atom is -0.323 e. The van der Waals surface area contributed by atoms with Crippen molar-refractivity contribution in [3.05, 3.63) is 28.2 Å². The van der Waals surface area contributed by atoms with Gasteiger partial charge in [-0.15, -0.1) is 0 Å². The summed E-state index contributed by atoms with van der Waals surface area (Å²) in [6, 6.07) is 5.07. The van der Waals surface area contributed by atoms with Gasteiger partial charge in [-0.05, 0) is 31.5 Å². The lowest BCUT2D eigenvalue weighted by atomic mass is 10.0. The topological polar surface area (TPSA) is 41.1 Å². The molecular formula is C12H14Cl2N2O. The van der Waals surface area contributed by atoms with Gasteiger partial charge in [0, 0.05) is 0 Å². The molecule has 1 atom stereocenters. The third-order valence-corrected chi connectivity index (χ3v) is 3.66. The lowest BCUT2D eigenvalue weighted by Gasteiger charge is -2.22. The van der Waals surface area contributed by atoms with E-state index in [0.29, 0.717) is 15.7 Å². The van der Waals surface area contributed by atoms with Crippen LogP contribution in [-0.2, 0) is 4.79 Å². The molecular weight excluding hydrogens is 259 g/mol. The van der Waals surface area contributed by atoms with E-state index in [1.165, 1.54) is 0 Å². The van der Waals surface area contributed by atoms with Crippen molar-refractivity contribution in [1.29, 1.82) is 0 Å². The zero-order valence-electron chi connectivity index (χ0n) is 9.30. The Morgan fingerprint density at radius 2 is 2.18 bits per heavy atom. The molecule has 92 valence electrons. The van der Waals surface area contributed by atoms with E-state index in [9.17, 15) is 4.79 Å². The van der Waals surface area contributed by atoms with Crippen molar-refractivity contribution >= 4 is 34.8 Å². The Bertz CT molecular complexity index is 417. The zero-order valence-corrected chi connectivity index (χ0v) is 10.8. The van der Waals surface area contributed by atoms with Gasteiger partial charge in [0.1, 0.15) is 0 Å². The van der Waals surface area contributed by atoms with Gasteiger partial charge in [-0.2, -0.15) is 0 Å². The van der Waals surface area contributed by atoms with Crippen molar-refractivity contribution < 1.29 is 4.79 Å². The minimum atomic E-state index is -0.126. The fourth-order valence-electron chi connectivity index (χ4n) is 1.90. The van der Waals surface area contributed by atoms with Crippen molar-refractivity contribution in [2.75, 3.05) is 11.9 Å². The third kappa shape index (κ3) is 3.12. The number of halogens is 2. The van der Waals surface area contributed by atoms with E-state index in [-0.39, 0.29) is 11.9 Å². The second kappa shape index (κ2) is 5.71. The molecule has 0 spiro atoms. The highest BCUT2D eigenvalue weighted by Gasteiger charge is 2.21. The van der Waals surface area contributed by atoms with E-state index in [1.54, 1.807) is 18.2 Å². The number of hydrogen-bond acceptors (Lipinski definition) is 2. The van der Waals surface area contributed by atoms with E-state index < -0.39 is 0 Å². The molecule has 1 heterocycles. The monoisotopic (exact) mass is 272 g/mol. The number of hydrogen-bond donors (Lipinski definition) is 2. The minimum absolute atomic E-state index is 0.0473. The van der Waals surface area contributed by atoms with E-state index in [0.717, 1.165) is 25.8 Å². The number of anilines is 1. The Hall–Kier alpha value is -0.770. The summed E-state index contributed by atoms with van der Waals surface area (Å²) >= 11 is 11.9. The molecule has 1 aliphatic rings. The van der Waals surface area contributed by atoms with Crippen LogP contribution in [0.1, 0.15) is 19.3 Å². The molecule has 1 aliphatic heterocycles. The maximum Gasteiger partial charge on any atom is 0.241 e. The summed E-state index contributed by atoms with van der Waals surface area (Å²) in [5.41, 5.74) is 0.566. The van der Waals surface area contributed by atoms with Crippen LogP contribution in [-0.4, -0.2) is 18.5 Å². The maximum atomic E-state index is 12.0. The molecule has 1 aromatic carbocycles. The number of carbonyl (C=O) groups excluding carboxylic acids is 1. The standard InChI is InChI=1S/C12H14Cl2N2O/c13-8-4-3-6-9(11(8)14)16-12(17)10-5-1-2-7-15-10/h3-4,6,10,15H,1-2,5,7H2,(H,16,17)/t10-/m1/s1. The number of piperidine rings is 1. The summed E-state index contributed by atoms with van der Waals surface area (Å²) in [4.78, 5) is 12.0. The molecule has 1 saturated heterocycles. The first-order valence-electron chi connectivity index (χ1n) is 5.67. The summed E-state index contributed by atoms with van der Waals surface area (Å²) in [6.07, 6.45) is 3.07. The molecule has 0 unspecified atom stereocenters. The van der Waals surface area contributed by atoms with Gasteiger partial charge in [0.15, 0.2) is 0 Å². The molecule has 0 saturated carbocycles. The Kier molecular flexibility index (Phi) is 4.26. The van der Waals surface area contributed by atoms with Gasteiger partial charge in [-0.3, -0.25) is 4.79 Å². The van der Waals surface area contributed by atoms with Gasteiger partial charge in [0.2, 0.25) is 5.91 Å². The SMILES string of the molecule is O=C(Nc1cccc(Cl)c1Cl)[C@H]1CCCCN1. The number of nitrogens with one attached hydrogen (secondary N) is 2. The van der Waals surface area contributed by atoms with Crippen LogP contribution in [0.3, 0.4) is 0 Å². The van der Waals surface area contributed by atoms with Gasteiger partial charge in [-0.1, -0.05) is 35.7 Å². The van der Waals surface area contributed by atoms with Crippen LogP contribution in [0, 0.1) is 0 Å². The molecule has 0 bridgehead atoms. The molecule has 0 aliphatic carbocycles. The smallest absolute Gasteiger partial charge is 0.241 e. The van der Waals surface area contributed by atoms with Gasteiger partial charge in [-0.25, -0.2) is 0 Å². The molecule has 0 aromatic heterocycles. The Morgan fingerprint density at radius 1 is 1.35 bits per heavy atom. The molecule has 1 fully saturated rings. The fourth-order valence-corrected chi connectivity index (χ4v) is 2.24. The number of carbonyl (C=O) groups is 1. The summed E-state index contributed by atoms with van der Waals surface area (Å²) in [6.45, 7) is 0.890. The highest BCUT2D eigenvalue weighted by atomic mass is 35.5. The van der Waals surface area contributed by atoms with Crippen molar-refractivity contribution in [3.63, 3.8) is 0 Å². The van der Waals surface area contributed by atoms with Crippen LogP contribution >= 0.6 is 23.2 Å². The lowest BCUT2D eigenvalue weighted by molar-refractivity contribution is -0.118. The van der Waals surface area contributed by atoms with Gasteiger partial charge >= 0.3 is 0 Å². The molecule has 17 heavy (non-hydrogen) atoms. The molecule has 5 heteroatoms. The van der Waals surface area contributed by atoms with Crippen LogP contribution in [0.4, 0.5) is 5.69 Å². The molecule has 2 N–H and O–H groups in total. The summed E-state index contributed by atoms with van der Waals surface area (Å²) in [5, 5.41) is 6.82. The van der Waals surface area contributed by atoms with Crippen molar-refractivity contribution in [2.24, 2.45) is 0 Å². The summed E-state index contributed by atoms with van der Waals surface area (Å²) in [5.74, 6) is -0.0473. The Labute approximate surface area is 110 Å². The second-order valence-corrected chi connectivity index (χ2v) is 4.88. The van der Waals surface area contributed by atoms with E-state index in [1.807, 2.05) is 0 Å². The first-order valence-corrected chi connectivity index (χ1v) is 6.42. The van der Waals surface area contributed by atoms with E-state index in [2.05, 4.69) is 10.6 Å². The van der Waals surface area contributed by atoms with Crippen molar-refractivity contribution in [3.8, 4) is 0 Å². The molecule has 1 aromatic rings. The van der Waals surface area contributed by atoms with Crippen LogP contribution in [0.2, 0.25) is 10.0 Å². The normalized spacial score (nSPS) is 20.0. The average molecular weight is 273 g/mol. The highest BCUT2D eigenvalue weighted by Crippen LogP contribution is 2.29.